The summed E-state index contributed by atoms with van der Waals surface area (Å²) in [5.74, 6) is 0.818. The molecule has 3 nitrogen and oxygen atoms in total. The third kappa shape index (κ3) is 6.11. The Morgan fingerprint density at radius 1 is 1.04 bits per heavy atom. The van der Waals surface area contributed by atoms with Crippen molar-refractivity contribution in [3.05, 3.63) is 34.9 Å². The molecule has 7 heteroatoms. The highest BCUT2D eigenvalue weighted by molar-refractivity contribution is 6.30. The van der Waals surface area contributed by atoms with E-state index in [0.717, 1.165) is 43.9 Å². The number of hydrogen-bond acceptors (Lipinski definition) is 2. The summed E-state index contributed by atoms with van der Waals surface area (Å²) in [5.41, 5.74) is 1.25. The number of carbonyl (C=O) groups excluding carboxylic acids is 1. The molecule has 27 heavy (non-hydrogen) atoms. The molecule has 0 aromatic heterocycles. The highest BCUT2D eigenvalue weighted by atomic mass is 35.5. The van der Waals surface area contributed by atoms with Crippen molar-refractivity contribution in [1.82, 2.24) is 9.80 Å². The molecule has 1 unspecified atom stereocenters. The zero-order chi connectivity index (χ0) is 19.4. The Kier molecular flexibility index (Phi) is 6.69. The molecule has 1 aromatic carbocycles. The van der Waals surface area contributed by atoms with Crippen molar-refractivity contribution < 1.29 is 18.0 Å². The number of hydrogen-bond donors (Lipinski definition) is 0. The highest BCUT2D eigenvalue weighted by Gasteiger charge is 2.34. The van der Waals surface area contributed by atoms with Gasteiger partial charge in [0.25, 0.3) is 0 Å². The van der Waals surface area contributed by atoms with Gasteiger partial charge in [-0.2, -0.15) is 13.2 Å². The van der Waals surface area contributed by atoms with Gasteiger partial charge < -0.3 is 4.90 Å². The van der Waals surface area contributed by atoms with Crippen LogP contribution in [-0.2, 0) is 11.3 Å². The number of alkyl halides is 3. The largest absolute Gasteiger partial charge is 0.389 e. The number of nitrogens with zero attached hydrogens (tertiary/aromatic N) is 2. The molecule has 0 spiro atoms. The molecule has 0 N–H and O–H groups in total. The van der Waals surface area contributed by atoms with Gasteiger partial charge in [0.05, 0.1) is 6.42 Å². The molecule has 2 saturated heterocycles. The fourth-order valence-corrected chi connectivity index (χ4v) is 4.39. The van der Waals surface area contributed by atoms with Crippen molar-refractivity contribution in [2.75, 3.05) is 26.2 Å². The summed E-state index contributed by atoms with van der Waals surface area (Å²) >= 11 is 5.93. The van der Waals surface area contributed by atoms with Gasteiger partial charge in [0.1, 0.15) is 0 Å². The Bertz CT molecular complexity index is 627. The van der Waals surface area contributed by atoms with Gasteiger partial charge in [-0.05, 0) is 55.3 Å². The van der Waals surface area contributed by atoms with Gasteiger partial charge in [0.2, 0.25) is 5.91 Å². The van der Waals surface area contributed by atoms with E-state index in [2.05, 4.69) is 17.0 Å². The minimum atomic E-state index is -4.26. The van der Waals surface area contributed by atoms with Gasteiger partial charge in [-0.3, -0.25) is 9.69 Å². The minimum Gasteiger partial charge on any atom is -0.343 e. The first-order chi connectivity index (χ1) is 12.8. The van der Waals surface area contributed by atoms with E-state index < -0.39 is 19.0 Å². The maximum absolute atomic E-state index is 12.3. The normalized spacial score (nSPS) is 22.4. The van der Waals surface area contributed by atoms with E-state index in [1.54, 1.807) is 4.90 Å². The molecule has 150 valence electrons. The molecular formula is C20H26ClF3N2O. The van der Waals surface area contributed by atoms with Crippen LogP contribution in [0.1, 0.15) is 37.7 Å². The first kappa shape index (κ1) is 20.5. The van der Waals surface area contributed by atoms with Gasteiger partial charge >= 0.3 is 6.18 Å². The fraction of sp³-hybridized carbons (Fsp3) is 0.650. The second-order valence-electron chi connectivity index (χ2n) is 7.74. The molecule has 3 rings (SSSR count). The molecular weight excluding hydrogens is 377 g/mol. The second-order valence-corrected chi connectivity index (χ2v) is 8.18. The average Bonchev–Trinajstić information content (AvgIpc) is 3.10. The summed E-state index contributed by atoms with van der Waals surface area (Å²) in [4.78, 5) is 16.0. The summed E-state index contributed by atoms with van der Waals surface area (Å²) in [6.07, 6.45) is -2.75. The van der Waals surface area contributed by atoms with Crippen molar-refractivity contribution >= 4 is 17.5 Å². The lowest BCUT2D eigenvalue weighted by Gasteiger charge is -2.35. The average molecular weight is 403 g/mol. The van der Waals surface area contributed by atoms with Gasteiger partial charge in [0.15, 0.2) is 0 Å². The lowest BCUT2D eigenvalue weighted by molar-refractivity contribution is -0.150. The SMILES string of the molecule is O=C(CCC(F)(F)F)N1CCC(C2CCN(Cc3ccc(Cl)cc3)C2)CC1. The van der Waals surface area contributed by atoms with Gasteiger partial charge in [-0.15, -0.1) is 0 Å². The zero-order valence-electron chi connectivity index (χ0n) is 15.3. The molecule has 1 aromatic rings. The van der Waals surface area contributed by atoms with E-state index >= 15 is 0 Å². The summed E-state index contributed by atoms with van der Waals surface area (Å²) in [6.45, 7) is 4.22. The lowest BCUT2D eigenvalue weighted by Crippen LogP contribution is -2.40. The monoisotopic (exact) mass is 402 g/mol. The van der Waals surface area contributed by atoms with Crippen LogP contribution in [0.4, 0.5) is 13.2 Å². The van der Waals surface area contributed by atoms with E-state index in [1.807, 2.05) is 12.1 Å². The van der Waals surface area contributed by atoms with Crippen LogP contribution in [0, 0.1) is 11.8 Å². The quantitative estimate of drug-likeness (QED) is 0.710. The molecule has 2 aliphatic heterocycles. The maximum atomic E-state index is 12.3. The number of benzene rings is 1. The third-order valence-electron chi connectivity index (χ3n) is 5.81. The van der Waals surface area contributed by atoms with Crippen LogP contribution in [-0.4, -0.2) is 48.1 Å². The van der Waals surface area contributed by atoms with Crippen molar-refractivity contribution in [3.63, 3.8) is 0 Å². The maximum Gasteiger partial charge on any atom is 0.389 e. The molecule has 2 heterocycles. The lowest BCUT2D eigenvalue weighted by atomic mass is 9.83. The minimum absolute atomic E-state index is 0.360. The molecule has 1 atom stereocenters. The molecule has 0 bridgehead atoms. The standard InChI is InChI=1S/C20H26ClF3N2O/c21-18-3-1-15(2-4-18)13-25-10-6-17(14-25)16-7-11-26(12-8-16)19(27)5-9-20(22,23)24/h1-4,16-17H,5-14H2. The number of carbonyl (C=O) groups is 1. The first-order valence-electron chi connectivity index (χ1n) is 9.61. The molecule has 2 fully saturated rings. The van der Waals surface area contributed by atoms with Crippen LogP contribution >= 0.6 is 11.6 Å². The van der Waals surface area contributed by atoms with E-state index in [0.29, 0.717) is 24.9 Å². The van der Waals surface area contributed by atoms with Gasteiger partial charge in [0, 0.05) is 37.6 Å². The van der Waals surface area contributed by atoms with E-state index in [4.69, 9.17) is 11.6 Å². The Balaban J connectivity index is 1.41. The highest BCUT2D eigenvalue weighted by Crippen LogP contribution is 2.33. The van der Waals surface area contributed by atoms with E-state index in [9.17, 15) is 18.0 Å². The Morgan fingerprint density at radius 2 is 1.67 bits per heavy atom. The fourth-order valence-electron chi connectivity index (χ4n) is 4.27. The van der Waals surface area contributed by atoms with Crippen LogP contribution in [0.5, 0.6) is 0 Å². The van der Waals surface area contributed by atoms with E-state index in [-0.39, 0.29) is 5.91 Å². The summed E-state index contributed by atoms with van der Waals surface area (Å²) in [5, 5.41) is 0.745. The summed E-state index contributed by atoms with van der Waals surface area (Å²) in [7, 11) is 0. The van der Waals surface area contributed by atoms with Crippen LogP contribution in [0.2, 0.25) is 5.02 Å². The van der Waals surface area contributed by atoms with Crippen molar-refractivity contribution in [2.45, 2.75) is 44.8 Å². The third-order valence-corrected chi connectivity index (χ3v) is 6.06. The Hall–Kier alpha value is -1.27. The smallest absolute Gasteiger partial charge is 0.343 e. The molecule has 0 saturated carbocycles. The zero-order valence-corrected chi connectivity index (χ0v) is 16.1. The first-order valence-corrected chi connectivity index (χ1v) is 9.99. The van der Waals surface area contributed by atoms with Crippen molar-refractivity contribution in [2.24, 2.45) is 11.8 Å². The number of likely N-dealkylation sites (tertiary alicyclic amines) is 2. The van der Waals surface area contributed by atoms with Gasteiger partial charge in [-0.25, -0.2) is 0 Å². The number of piperidine rings is 1. The number of halogens is 4. The van der Waals surface area contributed by atoms with Crippen LogP contribution in [0.25, 0.3) is 0 Å². The second kappa shape index (κ2) is 8.82. The van der Waals surface area contributed by atoms with Crippen molar-refractivity contribution in [1.29, 1.82) is 0 Å². The van der Waals surface area contributed by atoms with Crippen LogP contribution in [0.3, 0.4) is 0 Å². The summed E-state index contributed by atoms with van der Waals surface area (Å²) in [6, 6.07) is 7.94. The predicted octanol–water partition coefficient (Wildman–Crippen LogP) is 4.74. The molecule has 1 amide bonds. The number of rotatable bonds is 5. The Labute approximate surface area is 163 Å². The van der Waals surface area contributed by atoms with Crippen molar-refractivity contribution in [3.8, 4) is 0 Å². The number of amides is 1. The summed E-state index contributed by atoms with van der Waals surface area (Å²) < 4.78 is 36.8. The Morgan fingerprint density at radius 3 is 2.30 bits per heavy atom. The topological polar surface area (TPSA) is 23.6 Å². The molecule has 0 radical (unpaired) electrons. The van der Waals surface area contributed by atoms with E-state index in [1.165, 1.54) is 5.56 Å². The van der Waals surface area contributed by atoms with Crippen LogP contribution in [0.15, 0.2) is 24.3 Å². The van der Waals surface area contributed by atoms with Crippen LogP contribution < -0.4 is 0 Å². The molecule has 0 aliphatic carbocycles. The molecule has 2 aliphatic rings. The van der Waals surface area contributed by atoms with Gasteiger partial charge in [-0.1, -0.05) is 23.7 Å². The predicted molar refractivity (Wildman–Crippen MR) is 99.4 cm³/mol.